The second-order valence-corrected chi connectivity index (χ2v) is 9.77. The van der Waals surface area contributed by atoms with Gasteiger partial charge in [0.05, 0.1) is 11.3 Å². The molecule has 0 aromatic rings. The molecule has 0 amide bonds. The van der Waals surface area contributed by atoms with E-state index in [1.165, 1.54) is 19.1 Å². The van der Waals surface area contributed by atoms with Gasteiger partial charge in [0.25, 0.3) is 0 Å². The lowest BCUT2D eigenvalue weighted by Crippen LogP contribution is -2.49. The van der Waals surface area contributed by atoms with Gasteiger partial charge in [-0.1, -0.05) is 6.92 Å². The van der Waals surface area contributed by atoms with Crippen LogP contribution >= 0.6 is 24.0 Å². The van der Waals surface area contributed by atoms with Crippen LogP contribution in [-0.2, 0) is 14.6 Å². The first kappa shape index (κ1) is 23.0. The number of rotatable bonds is 5. The van der Waals surface area contributed by atoms with Gasteiger partial charge in [0.1, 0.15) is 0 Å². The topological polar surface area (TPSA) is 79.8 Å². The Morgan fingerprint density at radius 1 is 1.20 bits per heavy atom. The van der Waals surface area contributed by atoms with Gasteiger partial charge in [0.15, 0.2) is 15.8 Å². The lowest BCUT2D eigenvalue weighted by Gasteiger charge is -2.34. The highest BCUT2D eigenvalue weighted by molar-refractivity contribution is 14.0. The molecule has 148 valence electrons. The minimum absolute atomic E-state index is 0. The molecule has 1 saturated heterocycles. The normalized spacial score (nSPS) is 27.2. The van der Waals surface area contributed by atoms with Crippen molar-refractivity contribution in [2.45, 2.75) is 63.2 Å². The minimum atomic E-state index is -3.18. The Morgan fingerprint density at radius 3 is 2.32 bits per heavy atom. The standard InChI is InChI=1S/C17H33N3O3S.HI/c1-4-18-16(20-15-7-5-14(2)6-8-15)19-13-17(24(3,21)22)9-11-23-12-10-17;/h14-15H,4-13H2,1-3H3,(H2,18,19,20);1H. The summed E-state index contributed by atoms with van der Waals surface area (Å²) in [5.74, 6) is 1.55. The van der Waals surface area contributed by atoms with Crippen molar-refractivity contribution in [2.24, 2.45) is 10.9 Å². The molecule has 25 heavy (non-hydrogen) atoms. The maximum absolute atomic E-state index is 12.3. The molecule has 1 saturated carbocycles. The number of hydrogen-bond acceptors (Lipinski definition) is 4. The molecule has 0 atom stereocenters. The maximum atomic E-state index is 12.3. The average molecular weight is 487 g/mol. The number of ether oxygens (including phenoxy) is 1. The smallest absolute Gasteiger partial charge is 0.191 e. The van der Waals surface area contributed by atoms with Crippen LogP contribution < -0.4 is 10.6 Å². The molecule has 1 aliphatic heterocycles. The molecule has 0 aromatic carbocycles. The lowest BCUT2D eigenvalue weighted by atomic mass is 9.87. The Balaban J connectivity index is 0.00000312. The number of nitrogens with one attached hydrogen (secondary N) is 2. The molecule has 2 rings (SSSR count). The summed E-state index contributed by atoms with van der Waals surface area (Å²) in [6.07, 6.45) is 7.15. The van der Waals surface area contributed by atoms with Crippen molar-refractivity contribution >= 4 is 39.8 Å². The molecule has 6 nitrogen and oxygen atoms in total. The van der Waals surface area contributed by atoms with Crippen molar-refractivity contribution in [1.82, 2.24) is 10.6 Å². The van der Waals surface area contributed by atoms with E-state index in [0.29, 0.717) is 38.6 Å². The molecular weight excluding hydrogens is 453 g/mol. The van der Waals surface area contributed by atoms with Crippen molar-refractivity contribution < 1.29 is 13.2 Å². The summed E-state index contributed by atoms with van der Waals surface area (Å²) in [6, 6.07) is 0.433. The van der Waals surface area contributed by atoms with Crippen molar-refractivity contribution in [3.05, 3.63) is 0 Å². The highest BCUT2D eigenvalue weighted by atomic mass is 127. The molecule has 1 heterocycles. The Kier molecular flexibility index (Phi) is 9.45. The van der Waals surface area contributed by atoms with Gasteiger partial charge in [-0.05, 0) is 51.4 Å². The number of aliphatic imine (C=N–C) groups is 1. The molecule has 0 spiro atoms. The largest absolute Gasteiger partial charge is 0.381 e. The zero-order valence-electron chi connectivity index (χ0n) is 15.7. The SMILES string of the molecule is CCNC(=NCC1(S(C)(=O)=O)CCOCC1)NC1CCC(C)CC1.I. The molecule has 0 bridgehead atoms. The highest BCUT2D eigenvalue weighted by Crippen LogP contribution is 2.30. The van der Waals surface area contributed by atoms with Gasteiger partial charge >= 0.3 is 0 Å². The summed E-state index contributed by atoms with van der Waals surface area (Å²) in [6.45, 7) is 6.38. The molecule has 0 unspecified atom stereocenters. The van der Waals surface area contributed by atoms with E-state index < -0.39 is 14.6 Å². The average Bonchev–Trinajstić information content (AvgIpc) is 2.55. The Bertz CT molecular complexity index is 525. The van der Waals surface area contributed by atoms with Crippen molar-refractivity contribution in [1.29, 1.82) is 0 Å². The van der Waals surface area contributed by atoms with Gasteiger partial charge in [0.2, 0.25) is 0 Å². The van der Waals surface area contributed by atoms with E-state index in [1.54, 1.807) is 0 Å². The molecule has 2 fully saturated rings. The van der Waals surface area contributed by atoms with Crippen LogP contribution in [0.25, 0.3) is 0 Å². The molecule has 0 aromatic heterocycles. The second kappa shape index (κ2) is 10.3. The first-order chi connectivity index (χ1) is 11.4. The zero-order valence-corrected chi connectivity index (χ0v) is 18.9. The fourth-order valence-corrected chi connectivity index (χ4v) is 4.74. The summed E-state index contributed by atoms with van der Waals surface area (Å²) in [5.41, 5.74) is 0. The van der Waals surface area contributed by atoms with Gasteiger partial charge in [0, 0.05) is 32.1 Å². The van der Waals surface area contributed by atoms with Crippen LogP contribution in [0.5, 0.6) is 0 Å². The molecule has 2 N–H and O–H groups in total. The third-order valence-electron chi connectivity index (χ3n) is 5.42. The minimum Gasteiger partial charge on any atom is -0.381 e. The summed E-state index contributed by atoms with van der Waals surface area (Å²) < 4.78 is 29.3. The molecule has 0 radical (unpaired) electrons. The Morgan fingerprint density at radius 2 is 1.80 bits per heavy atom. The van der Waals surface area contributed by atoms with E-state index in [4.69, 9.17) is 4.74 Å². The predicted octanol–water partition coefficient (Wildman–Crippen LogP) is 2.33. The monoisotopic (exact) mass is 487 g/mol. The van der Waals surface area contributed by atoms with Crippen LogP contribution in [-0.4, -0.2) is 57.7 Å². The Hall–Kier alpha value is -0.0900. The number of hydrogen-bond donors (Lipinski definition) is 2. The van der Waals surface area contributed by atoms with E-state index >= 15 is 0 Å². The predicted molar refractivity (Wildman–Crippen MR) is 114 cm³/mol. The van der Waals surface area contributed by atoms with Crippen molar-refractivity contribution in [2.75, 3.05) is 32.6 Å². The van der Waals surface area contributed by atoms with Crippen LogP contribution in [0.2, 0.25) is 0 Å². The van der Waals surface area contributed by atoms with Gasteiger partial charge < -0.3 is 15.4 Å². The maximum Gasteiger partial charge on any atom is 0.191 e. The summed E-state index contributed by atoms with van der Waals surface area (Å²) in [5, 5.41) is 6.76. The van der Waals surface area contributed by atoms with Gasteiger partial charge in [-0.2, -0.15) is 0 Å². The molecular formula is C17H34IN3O3S. The number of sulfone groups is 1. The quantitative estimate of drug-likeness (QED) is 0.354. The Labute approximate surface area is 169 Å². The molecule has 8 heteroatoms. The van der Waals surface area contributed by atoms with Gasteiger partial charge in [-0.15, -0.1) is 24.0 Å². The van der Waals surface area contributed by atoms with Crippen LogP contribution in [0.4, 0.5) is 0 Å². The third kappa shape index (κ3) is 6.53. The van der Waals surface area contributed by atoms with E-state index in [0.717, 1.165) is 31.3 Å². The first-order valence-electron chi connectivity index (χ1n) is 9.18. The fourth-order valence-electron chi connectivity index (χ4n) is 3.53. The van der Waals surface area contributed by atoms with Crippen LogP contribution in [0.15, 0.2) is 4.99 Å². The molecule has 1 aliphatic carbocycles. The van der Waals surface area contributed by atoms with Crippen LogP contribution in [0, 0.1) is 5.92 Å². The van der Waals surface area contributed by atoms with Crippen molar-refractivity contribution in [3.8, 4) is 0 Å². The molecule has 2 aliphatic rings. The van der Waals surface area contributed by atoms with E-state index in [1.807, 2.05) is 6.92 Å². The van der Waals surface area contributed by atoms with Gasteiger partial charge in [-0.3, -0.25) is 4.99 Å². The highest BCUT2D eigenvalue weighted by Gasteiger charge is 2.42. The van der Waals surface area contributed by atoms with E-state index in [-0.39, 0.29) is 24.0 Å². The number of guanidine groups is 1. The zero-order chi connectivity index (χ0) is 17.6. The number of halogens is 1. The van der Waals surface area contributed by atoms with Gasteiger partial charge in [-0.25, -0.2) is 8.42 Å². The van der Waals surface area contributed by atoms with Crippen molar-refractivity contribution in [3.63, 3.8) is 0 Å². The summed E-state index contributed by atoms with van der Waals surface area (Å²) >= 11 is 0. The van der Waals surface area contributed by atoms with Crippen LogP contribution in [0.1, 0.15) is 52.4 Å². The first-order valence-corrected chi connectivity index (χ1v) is 11.1. The van der Waals surface area contributed by atoms with E-state index in [2.05, 4.69) is 22.5 Å². The number of nitrogens with zero attached hydrogens (tertiary/aromatic N) is 1. The summed E-state index contributed by atoms with van der Waals surface area (Å²) in [4.78, 5) is 4.65. The second-order valence-electron chi connectivity index (χ2n) is 7.36. The lowest BCUT2D eigenvalue weighted by molar-refractivity contribution is 0.0768. The van der Waals surface area contributed by atoms with E-state index in [9.17, 15) is 8.42 Å². The summed E-state index contributed by atoms with van der Waals surface area (Å²) in [7, 11) is -3.18. The van der Waals surface area contributed by atoms with Crippen LogP contribution in [0.3, 0.4) is 0 Å². The third-order valence-corrected chi connectivity index (χ3v) is 7.53. The fraction of sp³-hybridized carbons (Fsp3) is 0.941.